The molecule has 0 atom stereocenters. The molecule has 0 aromatic heterocycles. The summed E-state index contributed by atoms with van der Waals surface area (Å²) in [5.41, 5.74) is 0. The van der Waals surface area contributed by atoms with Gasteiger partial charge >= 0.3 is 5.97 Å². The number of nitrogens with zero attached hydrogens (tertiary/aromatic N) is 1. The second-order valence-electron chi connectivity index (χ2n) is 3.47. The molecule has 0 saturated heterocycles. The van der Waals surface area contributed by atoms with Crippen LogP contribution in [0.4, 0.5) is 0 Å². The van der Waals surface area contributed by atoms with Crippen LogP contribution in [0.15, 0.2) is 0 Å². The maximum atomic E-state index is 10.3. The third kappa shape index (κ3) is 4.34. The molecule has 0 saturated carbocycles. The van der Waals surface area contributed by atoms with Crippen LogP contribution < -0.4 is 0 Å². The lowest BCUT2D eigenvalue weighted by Crippen LogP contribution is -2.44. The van der Waals surface area contributed by atoms with Crippen LogP contribution in [-0.2, 0) is 4.79 Å². The van der Waals surface area contributed by atoms with Crippen molar-refractivity contribution in [2.75, 3.05) is 26.7 Å². The molecule has 3 heteroatoms. The van der Waals surface area contributed by atoms with Crippen LogP contribution in [0.1, 0.15) is 26.7 Å². The van der Waals surface area contributed by atoms with Crippen molar-refractivity contribution in [3.05, 3.63) is 0 Å². The summed E-state index contributed by atoms with van der Waals surface area (Å²) in [6.07, 6.45) is 1.08. The predicted molar refractivity (Wildman–Crippen MR) is 49.0 cm³/mol. The second-order valence-corrected chi connectivity index (χ2v) is 3.47. The maximum absolute atomic E-state index is 10.3. The van der Waals surface area contributed by atoms with Crippen molar-refractivity contribution in [1.82, 2.24) is 0 Å². The summed E-state index contributed by atoms with van der Waals surface area (Å²) in [6.45, 7) is 7.42. The zero-order chi connectivity index (χ0) is 9.61. The van der Waals surface area contributed by atoms with Gasteiger partial charge in [0.1, 0.15) is 0 Å². The van der Waals surface area contributed by atoms with Crippen LogP contribution in [0.5, 0.6) is 0 Å². The molecular formula is C9H20NO2+. The highest BCUT2D eigenvalue weighted by atomic mass is 16.4. The summed E-state index contributed by atoms with van der Waals surface area (Å²) in [7, 11) is 2.17. The highest BCUT2D eigenvalue weighted by molar-refractivity contribution is 5.66. The van der Waals surface area contributed by atoms with Crippen molar-refractivity contribution in [2.24, 2.45) is 0 Å². The van der Waals surface area contributed by atoms with E-state index in [1.807, 2.05) is 0 Å². The minimum atomic E-state index is -0.686. The Bertz CT molecular complexity index is 141. The van der Waals surface area contributed by atoms with Gasteiger partial charge in [-0.3, -0.25) is 4.79 Å². The van der Waals surface area contributed by atoms with Gasteiger partial charge in [0.15, 0.2) is 0 Å². The molecule has 1 N–H and O–H groups in total. The number of carboxylic acids is 1. The number of hydrogen-bond acceptors (Lipinski definition) is 1. The first kappa shape index (κ1) is 11.4. The third-order valence-electron chi connectivity index (χ3n) is 2.62. The molecule has 0 rings (SSSR count). The minimum absolute atomic E-state index is 0.299. The van der Waals surface area contributed by atoms with Gasteiger partial charge < -0.3 is 9.59 Å². The molecule has 0 aromatic carbocycles. The lowest BCUT2D eigenvalue weighted by molar-refractivity contribution is -0.906. The molecule has 3 nitrogen and oxygen atoms in total. The molecule has 72 valence electrons. The topological polar surface area (TPSA) is 37.3 Å². The van der Waals surface area contributed by atoms with Crippen LogP contribution in [0.2, 0.25) is 0 Å². The van der Waals surface area contributed by atoms with Crippen molar-refractivity contribution >= 4 is 5.97 Å². The largest absolute Gasteiger partial charge is 0.481 e. The van der Waals surface area contributed by atoms with E-state index in [0.717, 1.165) is 30.5 Å². The molecule has 0 amide bonds. The van der Waals surface area contributed by atoms with Crippen molar-refractivity contribution in [2.45, 2.75) is 26.7 Å². The van der Waals surface area contributed by atoms with E-state index in [4.69, 9.17) is 5.11 Å². The predicted octanol–water partition coefficient (Wildman–Crippen LogP) is 1.34. The van der Waals surface area contributed by atoms with Gasteiger partial charge in [-0.15, -0.1) is 0 Å². The Morgan fingerprint density at radius 3 is 2.17 bits per heavy atom. The number of hydrogen-bond donors (Lipinski definition) is 1. The van der Waals surface area contributed by atoms with Crippen molar-refractivity contribution in [3.63, 3.8) is 0 Å². The quantitative estimate of drug-likeness (QED) is 0.617. The average Bonchev–Trinajstić information content (AvgIpc) is 2.03. The van der Waals surface area contributed by atoms with Gasteiger partial charge in [0.05, 0.1) is 33.1 Å². The number of aliphatic carboxylic acids is 1. The molecule has 0 spiro atoms. The number of carboxylic acid groups (broad SMARTS) is 1. The van der Waals surface area contributed by atoms with Crippen LogP contribution in [0.25, 0.3) is 0 Å². The Kier molecular flexibility index (Phi) is 4.90. The average molecular weight is 174 g/mol. The SMILES string of the molecule is CC[N+](C)(CC)CCCC(=O)O. The van der Waals surface area contributed by atoms with E-state index in [0.29, 0.717) is 6.42 Å². The first-order valence-corrected chi connectivity index (χ1v) is 4.59. The second kappa shape index (κ2) is 5.14. The zero-order valence-electron chi connectivity index (χ0n) is 8.34. The van der Waals surface area contributed by atoms with Gasteiger partial charge in [-0.2, -0.15) is 0 Å². The highest BCUT2D eigenvalue weighted by Gasteiger charge is 2.15. The van der Waals surface area contributed by atoms with Gasteiger partial charge in [0, 0.05) is 6.42 Å². The molecule has 0 heterocycles. The van der Waals surface area contributed by atoms with Gasteiger partial charge in [-0.25, -0.2) is 0 Å². The Hall–Kier alpha value is -0.570. The summed E-state index contributed by atoms with van der Waals surface area (Å²) in [6, 6.07) is 0. The number of quaternary nitrogens is 1. The van der Waals surface area contributed by atoms with E-state index in [2.05, 4.69) is 20.9 Å². The molecule has 0 unspecified atom stereocenters. The van der Waals surface area contributed by atoms with E-state index in [1.165, 1.54) is 0 Å². The molecule has 0 aliphatic heterocycles. The lowest BCUT2D eigenvalue weighted by Gasteiger charge is -2.31. The van der Waals surface area contributed by atoms with E-state index in [-0.39, 0.29) is 0 Å². The van der Waals surface area contributed by atoms with Gasteiger partial charge in [-0.05, 0) is 13.8 Å². The Balaban J connectivity index is 3.65. The summed E-state index contributed by atoms with van der Waals surface area (Å²) in [5, 5.41) is 8.45. The standard InChI is InChI=1S/C9H19NO2/c1-4-10(3,5-2)8-6-7-9(11)12/h4-8H2,1-3H3/p+1. The van der Waals surface area contributed by atoms with Crippen LogP contribution in [-0.4, -0.2) is 42.2 Å². The molecule has 0 radical (unpaired) electrons. The first-order chi connectivity index (χ1) is 5.54. The lowest BCUT2D eigenvalue weighted by atomic mass is 10.2. The van der Waals surface area contributed by atoms with Crippen molar-refractivity contribution < 1.29 is 14.4 Å². The van der Waals surface area contributed by atoms with Crippen molar-refractivity contribution in [1.29, 1.82) is 0 Å². The monoisotopic (exact) mass is 174 g/mol. The first-order valence-electron chi connectivity index (χ1n) is 4.59. The van der Waals surface area contributed by atoms with E-state index in [9.17, 15) is 4.79 Å². The number of rotatable bonds is 6. The Morgan fingerprint density at radius 1 is 1.33 bits per heavy atom. The van der Waals surface area contributed by atoms with Crippen LogP contribution in [0, 0.1) is 0 Å². The Morgan fingerprint density at radius 2 is 1.83 bits per heavy atom. The van der Waals surface area contributed by atoms with E-state index >= 15 is 0 Å². The molecule has 12 heavy (non-hydrogen) atoms. The molecule has 0 aromatic rings. The fourth-order valence-corrected chi connectivity index (χ4v) is 1.15. The normalized spacial score (nSPS) is 11.6. The van der Waals surface area contributed by atoms with E-state index in [1.54, 1.807) is 0 Å². The van der Waals surface area contributed by atoms with Gasteiger partial charge in [-0.1, -0.05) is 0 Å². The molecular weight excluding hydrogens is 154 g/mol. The van der Waals surface area contributed by atoms with Gasteiger partial charge in [0.25, 0.3) is 0 Å². The van der Waals surface area contributed by atoms with Crippen LogP contribution >= 0.6 is 0 Å². The van der Waals surface area contributed by atoms with Crippen LogP contribution in [0.3, 0.4) is 0 Å². The number of carbonyl (C=O) groups is 1. The third-order valence-corrected chi connectivity index (χ3v) is 2.62. The Labute approximate surface area is 74.6 Å². The summed E-state index contributed by atoms with van der Waals surface area (Å²) in [5.74, 6) is -0.686. The summed E-state index contributed by atoms with van der Waals surface area (Å²) >= 11 is 0. The molecule has 0 aliphatic rings. The fraction of sp³-hybridized carbons (Fsp3) is 0.889. The maximum Gasteiger partial charge on any atom is 0.303 e. The van der Waals surface area contributed by atoms with E-state index < -0.39 is 5.97 Å². The minimum Gasteiger partial charge on any atom is -0.481 e. The fourth-order valence-electron chi connectivity index (χ4n) is 1.15. The summed E-state index contributed by atoms with van der Waals surface area (Å²) in [4.78, 5) is 10.3. The highest BCUT2D eigenvalue weighted by Crippen LogP contribution is 2.04. The smallest absolute Gasteiger partial charge is 0.303 e. The zero-order valence-corrected chi connectivity index (χ0v) is 8.34. The molecule has 0 bridgehead atoms. The molecule has 0 aliphatic carbocycles. The van der Waals surface area contributed by atoms with Crippen molar-refractivity contribution in [3.8, 4) is 0 Å². The summed E-state index contributed by atoms with van der Waals surface area (Å²) < 4.78 is 0.979. The van der Waals surface area contributed by atoms with Gasteiger partial charge in [0.2, 0.25) is 0 Å². The molecule has 0 fully saturated rings.